The van der Waals surface area contributed by atoms with Crippen molar-refractivity contribution in [2.45, 2.75) is 6.61 Å². The van der Waals surface area contributed by atoms with Crippen molar-refractivity contribution in [3.8, 4) is 11.5 Å². The Bertz CT molecular complexity index is 299. The minimum absolute atomic E-state index is 0.0223. The number of ether oxygens (including phenoxy) is 2. The van der Waals surface area contributed by atoms with Gasteiger partial charge in [0.25, 0.3) is 0 Å². The van der Waals surface area contributed by atoms with Gasteiger partial charge in [0, 0.05) is 5.56 Å². The molecule has 0 bridgehead atoms. The molecule has 0 aromatic heterocycles. The highest BCUT2D eigenvalue weighted by Crippen LogP contribution is 2.33. The Morgan fingerprint density at radius 3 is 2.31 bits per heavy atom. The zero-order chi connectivity index (χ0) is 9.84. The molecular formula is C9H11FO3. The fourth-order valence-corrected chi connectivity index (χ4v) is 1.12. The van der Waals surface area contributed by atoms with Crippen LogP contribution in [-0.2, 0) is 6.61 Å². The van der Waals surface area contributed by atoms with E-state index in [1.165, 1.54) is 26.4 Å². The summed E-state index contributed by atoms with van der Waals surface area (Å²) < 4.78 is 22.8. The van der Waals surface area contributed by atoms with Crippen molar-refractivity contribution in [2.24, 2.45) is 0 Å². The number of aliphatic hydroxyl groups is 1. The van der Waals surface area contributed by atoms with Gasteiger partial charge in [0.05, 0.1) is 20.8 Å². The highest BCUT2D eigenvalue weighted by atomic mass is 19.1. The fourth-order valence-electron chi connectivity index (χ4n) is 1.12. The first-order valence-electron chi connectivity index (χ1n) is 3.74. The molecule has 1 aromatic rings. The number of halogens is 1. The molecule has 4 heteroatoms. The second-order valence-electron chi connectivity index (χ2n) is 2.43. The molecule has 1 aromatic carbocycles. The van der Waals surface area contributed by atoms with Gasteiger partial charge in [-0.25, -0.2) is 4.39 Å². The summed E-state index contributed by atoms with van der Waals surface area (Å²) in [4.78, 5) is 0. The molecule has 0 aliphatic heterocycles. The zero-order valence-corrected chi connectivity index (χ0v) is 7.50. The third-order valence-electron chi connectivity index (χ3n) is 1.72. The zero-order valence-electron chi connectivity index (χ0n) is 7.50. The lowest BCUT2D eigenvalue weighted by Crippen LogP contribution is -1.98. The van der Waals surface area contributed by atoms with Gasteiger partial charge in [0.1, 0.15) is 0 Å². The van der Waals surface area contributed by atoms with Gasteiger partial charge >= 0.3 is 0 Å². The van der Waals surface area contributed by atoms with E-state index >= 15 is 0 Å². The van der Waals surface area contributed by atoms with Crippen LogP contribution in [0.1, 0.15) is 5.56 Å². The van der Waals surface area contributed by atoms with E-state index in [4.69, 9.17) is 14.6 Å². The quantitative estimate of drug-likeness (QED) is 0.774. The summed E-state index contributed by atoms with van der Waals surface area (Å²) in [5.41, 5.74) is 0.501. The molecule has 0 unspecified atom stereocenters. The summed E-state index contributed by atoms with van der Waals surface area (Å²) in [6, 6.07) is 2.68. The van der Waals surface area contributed by atoms with Crippen LogP contribution in [0.5, 0.6) is 11.5 Å². The third kappa shape index (κ3) is 1.72. The predicted octanol–water partition coefficient (Wildman–Crippen LogP) is 1.34. The van der Waals surface area contributed by atoms with Gasteiger partial charge in [-0.05, 0) is 12.1 Å². The van der Waals surface area contributed by atoms with Crippen LogP contribution in [0, 0.1) is 5.82 Å². The third-order valence-corrected chi connectivity index (χ3v) is 1.72. The molecule has 72 valence electrons. The Morgan fingerprint density at radius 2 is 1.85 bits per heavy atom. The van der Waals surface area contributed by atoms with E-state index in [0.717, 1.165) is 0 Å². The highest BCUT2D eigenvalue weighted by molar-refractivity contribution is 5.47. The van der Waals surface area contributed by atoms with Crippen molar-refractivity contribution in [2.75, 3.05) is 14.2 Å². The molecule has 0 heterocycles. The first kappa shape index (κ1) is 9.80. The maximum absolute atomic E-state index is 13.1. The molecule has 13 heavy (non-hydrogen) atoms. The van der Waals surface area contributed by atoms with E-state index < -0.39 is 5.82 Å². The number of aliphatic hydroxyl groups excluding tert-OH is 1. The average Bonchev–Trinajstić information content (AvgIpc) is 2.17. The second-order valence-corrected chi connectivity index (χ2v) is 2.43. The molecule has 0 atom stereocenters. The minimum atomic E-state index is -0.503. The fraction of sp³-hybridized carbons (Fsp3) is 0.333. The molecule has 0 aliphatic rings. The Labute approximate surface area is 75.7 Å². The van der Waals surface area contributed by atoms with E-state index in [-0.39, 0.29) is 18.1 Å². The van der Waals surface area contributed by atoms with Crippen molar-refractivity contribution >= 4 is 0 Å². The van der Waals surface area contributed by atoms with E-state index in [9.17, 15) is 4.39 Å². The Balaban J connectivity index is 3.27. The van der Waals surface area contributed by atoms with Gasteiger partial charge in [0.2, 0.25) is 0 Å². The molecule has 1 N–H and O–H groups in total. The van der Waals surface area contributed by atoms with E-state index in [0.29, 0.717) is 5.56 Å². The van der Waals surface area contributed by atoms with Gasteiger partial charge < -0.3 is 14.6 Å². The molecule has 0 aliphatic carbocycles. The van der Waals surface area contributed by atoms with Crippen LogP contribution < -0.4 is 9.47 Å². The van der Waals surface area contributed by atoms with Gasteiger partial charge in [-0.2, -0.15) is 0 Å². The number of hydrogen-bond acceptors (Lipinski definition) is 3. The topological polar surface area (TPSA) is 38.7 Å². The number of methoxy groups -OCH3 is 2. The molecule has 0 saturated carbocycles. The van der Waals surface area contributed by atoms with Crippen LogP contribution >= 0.6 is 0 Å². The molecular weight excluding hydrogens is 175 g/mol. The molecule has 0 amide bonds. The summed E-state index contributed by atoms with van der Waals surface area (Å²) in [6.07, 6.45) is 0. The van der Waals surface area contributed by atoms with Gasteiger partial charge in [-0.15, -0.1) is 0 Å². The van der Waals surface area contributed by atoms with E-state index in [2.05, 4.69) is 0 Å². The van der Waals surface area contributed by atoms with Crippen molar-refractivity contribution < 1.29 is 19.0 Å². The van der Waals surface area contributed by atoms with E-state index in [1.807, 2.05) is 0 Å². The van der Waals surface area contributed by atoms with Crippen LogP contribution in [0.4, 0.5) is 4.39 Å². The van der Waals surface area contributed by atoms with E-state index in [1.54, 1.807) is 0 Å². The van der Waals surface area contributed by atoms with Crippen LogP contribution in [0.25, 0.3) is 0 Å². The molecule has 3 nitrogen and oxygen atoms in total. The maximum atomic E-state index is 13.1. The van der Waals surface area contributed by atoms with Crippen LogP contribution in [-0.4, -0.2) is 19.3 Å². The summed E-state index contributed by atoms with van der Waals surface area (Å²) >= 11 is 0. The molecule has 0 saturated heterocycles. The molecule has 1 rings (SSSR count). The summed E-state index contributed by atoms with van der Waals surface area (Å²) in [6.45, 7) is -0.209. The van der Waals surface area contributed by atoms with Crippen LogP contribution in [0.2, 0.25) is 0 Å². The molecule has 0 fully saturated rings. The average molecular weight is 186 g/mol. The number of hydrogen-bond donors (Lipinski definition) is 1. The van der Waals surface area contributed by atoms with Crippen molar-refractivity contribution in [3.05, 3.63) is 23.5 Å². The lowest BCUT2D eigenvalue weighted by molar-refractivity contribution is 0.268. The summed E-state index contributed by atoms with van der Waals surface area (Å²) in [5.74, 6) is -0.240. The predicted molar refractivity (Wildman–Crippen MR) is 45.4 cm³/mol. The maximum Gasteiger partial charge on any atom is 0.197 e. The summed E-state index contributed by atoms with van der Waals surface area (Å²) in [7, 11) is 2.75. The Morgan fingerprint density at radius 1 is 1.23 bits per heavy atom. The number of rotatable bonds is 3. The monoisotopic (exact) mass is 186 g/mol. The van der Waals surface area contributed by atoms with Crippen molar-refractivity contribution in [1.82, 2.24) is 0 Å². The summed E-state index contributed by atoms with van der Waals surface area (Å²) in [5, 5.41) is 8.90. The lowest BCUT2D eigenvalue weighted by Gasteiger charge is -2.11. The number of benzene rings is 1. The lowest BCUT2D eigenvalue weighted by atomic mass is 10.2. The minimum Gasteiger partial charge on any atom is -0.492 e. The Hall–Kier alpha value is -1.29. The van der Waals surface area contributed by atoms with Gasteiger partial charge in [0.15, 0.2) is 17.3 Å². The molecule has 0 radical (unpaired) electrons. The van der Waals surface area contributed by atoms with Gasteiger partial charge in [-0.3, -0.25) is 0 Å². The SMILES string of the molecule is COc1c(F)ccc(CO)c1OC. The van der Waals surface area contributed by atoms with Crippen molar-refractivity contribution in [3.63, 3.8) is 0 Å². The molecule has 0 spiro atoms. The smallest absolute Gasteiger partial charge is 0.197 e. The first-order chi connectivity index (χ1) is 6.24. The largest absolute Gasteiger partial charge is 0.492 e. The first-order valence-corrected chi connectivity index (χ1v) is 3.74. The van der Waals surface area contributed by atoms with Crippen molar-refractivity contribution in [1.29, 1.82) is 0 Å². The normalized spacial score (nSPS) is 9.85. The Kier molecular flexibility index (Phi) is 3.08. The highest BCUT2D eigenvalue weighted by Gasteiger charge is 2.13. The second kappa shape index (κ2) is 4.09. The standard InChI is InChI=1S/C9H11FO3/c1-12-8-6(5-11)3-4-7(10)9(8)13-2/h3-4,11H,5H2,1-2H3. The van der Waals surface area contributed by atoms with Crippen LogP contribution in [0.3, 0.4) is 0 Å². The van der Waals surface area contributed by atoms with Crippen LogP contribution in [0.15, 0.2) is 12.1 Å². The van der Waals surface area contributed by atoms with Gasteiger partial charge in [-0.1, -0.05) is 0 Å².